The summed E-state index contributed by atoms with van der Waals surface area (Å²) >= 11 is 1.19. The van der Waals surface area contributed by atoms with Gasteiger partial charge in [-0.15, -0.1) is 11.3 Å². The van der Waals surface area contributed by atoms with Crippen molar-refractivity contribution in [1.29, 1.82) is 0 Å². The molecule has 0 aliphatic heterocycles. The van der Waals surface area contributed by atoms with Gasteiger partial charge in [0.05, 0.1) is 6.54 Å². The fourth-order valence-electron chi connectivity index (χ4n) is 1.67. The van der Waals surface area contributed by atoms with Crippen LogP contribution in [0.5, 0.6) is 5.75 Å². The van der Waals surface area contributed by atoms with E-state index in [0.29, 0.717) is 10.8 Å². The normalized spacial score (nSPS) is 10.3. The molecule has 0 aliphatic carbocycles. The molecule has 0 saturated carbocycles. The fraction of sp³-hybridized carbons (Fsp3) is 0.267. The van der Waals surface area contributed by atoms with Gasteiger partial charge in [0.2, 0.25) is 0 Å². The molecule has 2 rings (SSSR count). The number of rotatable bonds is 6. The average Bonchev–Trinajstić information content (AvgIpc) is 2.95. The highest BCUT2D eigenvalue weighted by atomic mass is 32.1. The second-order valence-corrected chi connectivity index (χ2v) is 5.69. The summed E-state index contributed by atoms with van der Waals surface area (Å²) in [6.45, 7) is 4.07. The first-order valence-corrected chi connectivity index (χ1v) is 7.48. The minimum absolute atomic E-state index is 0.0133. The van der Waals surface area contributed by atoms with E-state index in [1.807, 2.05) is 32.0 Å². The Morgan fingerprint density at radius 2 is 2.09 bits per heavy atom. The van der Waals surface area contributed by atoms with Gasteiger partial charge in [-0.3, -0.25) is 4.79 Å². The summed E-state index contributed by atoms with van der Waals surface area (Å²) in [7, 11) is 0. The minimum atomic E-state index is -1.08. The second kappa shape index (κ2) is 7.04. The molecule has 0 bridgehead atoms. The molecule has 1 heterocycles. The predicted octanol–water partition coefficient (Wildman–Crippen LogP) is 2.15. The molecule has 0 spiro atoms. The Bertz CT molecular complexity index is 697. The largest absolute Gasteiger partial charge is 0.484 e. The van der Waals surface area contributed by atoms with Crippen LogP contribution in [0, 0.1) is 13.8 Å². The maximum absolute atomic E-state index is 11.7. The lowest BCUT2D eigenvalue weighted by atomic mass is 10.1. The number of ether oxygens (including phenoxy) is 1. The summed E-state index contributed by atoms with van der Waals surface area (Å²) in [5.74, 6) is -0.724. The molecule has 1 aromatic heterocycles. The van der Waals surface area contributed by atoms with Gasteiger partial charge in [0, 0.05) is 5.38 Å². The quantitative estimate of drug-likeness (QED) is 0.851. The molecule has 6 nitrogen and oxygen atoms in total. The van der Waals surface area contributed by atoms with Gasteiger partial charge in [-0.1, -0.05) is 6.07 Å². The smallest absolute Gasteiger partial charge is 0.355 e. The van der Waals surface area contributed by atoms with E-state index in [2.05, 4.69) is 10.3 Å². The van der Waals surface area contributed by atoms with Crippen molar-refractivity contribution >= 4 is 23.2 Å². The van der Waals surface area contributed by atoms with Crippen molar-refractivity contribution in [3.8, 4) is 5.75 Å². The number of benzene rings is 1. The van der Waals surface area contributed by atoms with Crippen LogP contribution < -0.4 is 10.1 Å². The van der Waals surface area contributed by atoms with Crippen LogP contribution in [0.25, 0.3) is 0 Å². The third-order valence-electron chi connectivity index (χ3n) is 3.06. The number of hydrogen-bond acceptors (Lipinski definition) is 5. The molecule has 0 fully saturated rings. The number of hydrogen-bond donors (Lipinski definition) is 2. The Hall–Kier alpha value is -2.41. The van der Waals surface area contributed by atoms with Crippen LogP contribution in [0.1, 0.15) is 26.6 Å². The van der Waals surface area contributed by atoms with Crippen molar-refractivity contribution in [2.45, 2.75) is 20.4 Å². The zero-order valence-corrected chi connectivity index (χ0v) is 13.1. The van der Waals surface area contributed by atoms with E-state index < -0.39 is 5.97 Å². The Morgan fingerprint density at radius 1 is 1.32 bits per heavy atom. The minimum Gasteiger partial charge on any atom is -0.484 e. The van der Waals surface area contributed by atoms with Gasteiger partial charge >= 0.3 is 5.97 Å². The zero-order chi connectivity index (χ0) is 16.1. The SMILES string of the molecule is Cc1ccc(OCC(=O)NCc2nc(C(=O)O)cs2)cc1C. The van der Waals surface area contributed by atoms with E-state index in [0.717, 1.165) is 11.1 Å². The molecule has 2 aromatic rings. The van der Waals surface area contributed by atoms with Crippen molar-refractivity contribution in [3.05, 3.63) is 45.4 Å². The van der Waals surface area contributed by atoms with Crippen LogP contribution in [0.15, 0.2) is 23.6 Å². The van der Waals surface area contributed by atoms with E-state index in [9.17, 15) is 9.59 Å². The van der Waals surface area contributed by atoms with Crippen LogP contribution in [0.4, 0.5) is 0 Å². The number of nitrogens with zero attached hydrogens (tertiary/aromatic N) is 1. The van der Waals surface area contributed by atoms with Crippen molar-refractivity contribution in [2.24, 2.45) is 0 Å². The number of carbonyl (C=O) groups excluding carboxylic acids is 1. The third kappa shape index (κ3) is 4.29. The molecule has 7 heteroatoms. The molecule has 22 heavy (non-hydrogen) atoms. The molecule has 2 N–H and O–H groups in total. The summed E-state index contributed by atoms with van der Waals surface area (Å²) < 4.78 is 5.41. The molecule has 0 saturated heterocycles. The number of thiazole rings is 1. The molecular weight excluding hydrogens is 304 g/mol. The highest BCUT2D eigenvalue weighted by Gasteiger charge is 2.10. The molecular formula is C15H16N2O4S. The van der Waals surface area contributed by atoms with Gasteiger partial charge in [-0.05, 0) is 37.1 Å². The number of carboxylic acids is 1. The Labute approximate surface area is 131 Å². The Morgan fingerprint density at radius 3 is 2.73 bits per heavy atom. The van der Waals surface area contributed by atoms with Gasteiger partial charge in [0.1, 0.15) is 10.8 Å². The maximum Gasteiger partial charge on any atom is 0.355 e. The first-order chi connectivity index (χ1) is 10.5. The maximum atomic E-state index is 11.7. The summed E-state index contributed by atoms with van der Waals surface area (Å²) in [4.78, 5) is 26.3. The monoisotopic (exact) mass is 320 g/mol. The third-order valence-corrected chi connectivity index (χ3v) is 3.90. The molecule has 116 valence electrons. The summed E-state index contributed by atoms with van der Waals surface area (Å²) in [6.07, 6.45) is 0. The standard InChI is InChI=1S/C15H16N2O4S/c1-9-3-4-11(5-10(9)2)21-7-13(18)16-6-14-17-12(8-22-14)15(19)20/h3-5,8H,6-7H2,1-2H3,(H,16,18)(H,19,20). The molecule has 0 radical (unpaired) electrons. The van der Waals surface area contributed by atoms with Crippen molar-refractivity contribution in [1.82, 2.24) is 10.3 Å². The lowest BCUT2D eigenvalue weighted by molar-refractivity contribution is -0.123. The van der Waals surface area contributed by atoms with E-state index in [-0.39, 0.29) is 24.8 Å². The first-order valence-electron chi connectivity index (χ1n) is 6.60. The van der Waals surface area contributed by atoms with E-state index in [4.69, 9.17) is 9.84 Å². The summed E-state index contributed by atoms with van der Waals surface area (Å²) in [5, 5.41) is 13.4. The topological polar surface area (TPSA) is 88.5 Å². The van der Waals surface area contributed by atoms with Crippen LogP contribution >= 0.6 is 11.3 Å². The highest BCUT2D eigenvalue weighted by molar-refractivity contribution is 7.09. The van der Waals surface area contributed by atoms with Crippen LogP contribution in [0.2, 0.25) is 0 Å². The van der Waals surface area contributed by atoms with E-state index >= 15 is 0 Å². The number of amides is 1. The van der Waals surface area contributed by atoms with Crippen LogP contribution in [-0.4, -0.2) is 28.6 Å². The average molecular weight is 320 g/mol. The number of carboxylic acid groups (broad SMARTS) is 1. The number of carbonyl (C=O) groups is 2. The molecule has 1 amide bonds. The van der Waals surface area contributed by atoms with Gasteiger partial charge in [-0.25, -0.2) is 9.78 Å². The molecule has 0 unspecified atom stereocenters. The Kier molecular flexibility index (Phi) is 5.11. The second-order valence-electron chi connectivity index (χ2n) is 4.74. The van der Waals surface area contributed by atoms with Gasteiger partial charge < -0.3 is 15.2 Å². The van der Waals surface area contributed by atoms with Gasteiger partial charge in [0.15, 0.2) is 12.3 Å². The van der Waals surface area contributed by atoms with Crippen LogP contribution in [0.3, 0.4) is 0 Å². The van der Waals surface area contributed by atoms with Crippen molar-refractivity contribution in [2.75, 3.05) is 6.61 Å². The summed E-state index contributed by atoms with van der Waals surface area (Å²) in [6, 6.07) is 5.63. The van der Waals surface area contributed by atoms with Crippen LogP contribution in [-0.2, 0) is 11.3 Å². The lowest BCUT2D eigenvalue weighted by Gasteiger charge is -2.08. The molecule has 0 atom stereocenters. The lowest BCUT2D eigenvalue weighted by Crippen LogP contribution is -2.28. The molecule has 0 aliphatic rings. The van der Waals surface area contributed by atoms with Gasteiger partial charge in [-0.2, -0.15) is 0 Å². The van der Waals surface area contributed by atoms with Gasteiger partial charge in [0.25, 0.3) is 5.91 Å². The Balaban J connectivity index is 1.80. The first kappa shape index (κ1) is 16.0. The number of aromatic carboxylic acids is 1. The van der Waals surface area contributed by atoms with E-state index in [1.54, 1.807) is 0 Å². The van der Waals surface area contributed by atoms with E-state index in [1.165, 1.54) is 16.7 Å². The predicted molar refractivity (Wildman–Crippen MR) is 82.3 cm³/mol. The zero-order valence-electron chi connectivity index (χ0n) is 12.3. The fourth-order valence-corrected chi connectivity index (χ4v) is 2.38. The summed E-state index contributed by atoms with van der Waals surface area (Å²) in [5.41, 5.74) is 2.25. The highest BCUT2D eigenvalue weighted by Crippen LogP contribution is 2.16. The number of aromatic nitrogens is 1. The van der Waals surface area contributed by atoms with Crippen molar-refractivity contribution in [3.63, 3.8) is 0 Å². The molecule has 1 aromatic carbocycles. The van der Waals surface area contributed by atoms with Crippen molar-refractivity contribution < 1.29 is 19.4 Å². The number of nitrogens with one attached hydrogen (secondary N) is 1. The number of aryl methyl sites for hydroxylation is 2.